The van der Waals surface area contributed by atoms with Crippen molar-refractivity contribution < 1.29 is 9.18 Å². The van der Waals surface area contributed by atoms with Gasteiger partial charge >= 0.3 is 0 Å². The monoisotopic (exact) mass is 376 g/mol. The van der Waals surface area contributed by atoms with Crippen LogP contribution in [0.25, 0.3) is 0 Å². The second-order valence-electron chi connectivity index (χ2n) is 8.61. The zero-order valence-electron chi connectivity index (χ0n) is 17.1. The largest absolute Gasteiger partial charge is 0.365 e. The molecule has 1 N–H and O–H groups in total. The number of anilines is 1. The molecule has 0 radical (unpaired) electrons. The second kappa shape index (κ2) is 8.13. The standard InChI is InChI=1S/C21H33FN4O/c1-5-21(2,3)15-6-7-16(14-15)25-10-12-26(13-11-25)18-9-8-17(20(27)23-4)24-19(18)22/h8-9,15-16H,5-7,10-14H2,1-4H3,(H,23,27)/t15?,16-/m1/s1. The number of nitrogens with one attached hydrogen (secondary N) is 1. The third-order valence-corrected chi connectivity index (χ3v) is 6.88. The van der Waals surface area contributed by atoms with Gasteiger partial charge in [0.25, 0.3) is 5.91 Å². The van der Waals surface area contributed by atoms with Gasteiger partial charge in [-0.05, 0) is 42.7 Å². The summed E-state index contributed by atoms with van der Waals surface area (Å²) in [5, 5.41) is 2.47. The summed E-state index contributed by atoms with van der Waals surface area (Å²) in [4.78, 5) is 20.1. The maximum Gasteiger partial charge on any atom is 0.269 e. The normalized spacial score (nSPS) is 24.3. The van der Waals surface area contributed by atoms with E-state index in [0.717, 1.165) is 32.1 Å². The van der Waals surface area contributed by atoms with E-state index < -0.39 is 5.95 Å². The molecule has 1 saturated carbocycles. The maximum atomic E-state index is 14.4. The van der Waals surface area contributed by atoms with Crippen molar-refractivity contribution in [2.45, 2.75) is 52.5 Å². The first-order valence-corrected chi connectivity index (χ1v) is 10.2. The molecule has 2 aliphatic rings. The maximum absolute atomic E-state index is 14.4. The van der Waals surface area contributed by atoms with Crippen molar-refractivity contribution in [3.63, 3.8) is 0 Å². The fourth-order valence-electron chi connectivity index (χ4n) is 4.53. The summed E-state index contributed by atoms with van der Waals surface area (Å²) >= 11 is 0. The van der Waals surface area contributed by atoms with E-state index in [4.69, 9.17) is 0 Å². The number of pyridine rings is 1. The lowest BCUT2D eigenvalue weighted by Gasteiger charge is -2.39. The van der Waals surface area contributed by atoms with Gasteiger partial charge in [0.1, 0.15) is 5.69 Å². The molecule has 1 saturated heterocycles. The van der Waals surface area contributed by atoms with Crippen LogP contribution in [0, 0.1) is 17.3 Å². The number of amides is 1. The van der Waals surface area contributed by atoms with Crippen molar-refractivity contribution in [1.82, 2.24) is 15.2 Å². The molecule has 1 aromatic rings. The number of carbonyl (C=O) groups is 1. The fraction of sp³-hybridized carbons (Fsp3) is 0.714. The van der Waals surface area contributed by atoms with E-state index in [1.54, 1.807) is 12.1 Å². The number of nitrogens with zero attached hydrogens (tertiary/aromatic N) is 3. The van der Waals surface area contributed by atoms with Gasteiger partial charge in [0.05, 0.1) is 5.69 Å². The third-order valence-electron chi connectivity index (χ3n) is 6.88. The minimum atomic E-state index is -0.560. The summed E-state index contributed by atoms with van der Waals surface area (Å²) in [7, 11) is 1.52. The minimum Gasteiger partial charge on any atom is -0.365 e. The van der Waals surface area contributed by atoms with Crippen molar-refractivity contribution in [3.05, 3.63) is 23.8 Å². The quantitative estimate of drug-likeness (QED) is 0.801. The van der Waals surface area contributed by atoms with Crippen molar-refractivity contribution in [2.75, 3.05) is 38.1 Å². The van der Waals surface area contributed by atoms with E-state index in [-0.39, 0.29) is 11.6 Å². The van der Waals surface area contributed by atoms with Gasteiger partial charge in [0.2, 0.25) is 5.95 Å². The zero-order valence-corrected chi connectivity index (χ0v) is 17.1. The average Bonchev–Trinajstić information content (AvgIpc) is 3.18. The third kappa shape index (κ3) is 4.26. The van der Waals surface area contributed by atoms with Crippen molar-refractivity contribution in [3.8, 4) is 0 Å². The summed E-state index contributed by atoms with van der Waals surface area (Å²) < 4.78 is 14.4. The Balaban J connectivity index is 1.57. The van der Waals surface area contributed by atoms with Gasteiger partial charge in [-0.25, -0.2) is 4.98 Å². The van der Waals surface area contributed by atoms with E-state index >= 15 is 0 Å². The topological polar surface area (TPSA) is 48.5 Å². The van der Waals surface area contributed by atoms with Gasteiger partial charge in [-0.3, -0.25) is 9.69 Å². The van der Waals surface area contributed by atoms with Gasteiger partial charge in [0, 0.05) is 39.3 Å². The molecule has 2 atom stereocenters. The van der Waals surface area contributed by atoms with Crippen LogP contribution < -0.4 is 10.2 Å². The van der Waals surface area contributed by atoms with Crippen LogP contribution in [0.5, 0.6) is 0 Å². The summed E-state index contributed by atoms with van der Waals surface area (Å²) in [5.74, 6) is -0.115. The Bertz CT molecular complexity index is 670. The van der Waals surface area contributed by atoms with Gasteiger partial charge in [-0.2, -0.15) is 4.39 Å². The average molecular weight is 377 g/mol. The Hall–Kier alpha value is -1.69. The van der Waals surface area contributed by atoms with E-state index in [9.17, 15) is 9.18 Å². The van der Waals surface area contributed by atoms with Gasteiger partial charge < -0.3 is 10.2 Å². The molecule has 2 heterocycles. The first-order valence-electron chi connectivity index (χ1n) is 10.2. The number of piperazine rings is 1. The Morgan fingerprint density at radius 2 is 1.96 bits per heavy atom. The molecule has 1 aliphatic heterocycles. The van der Waals surface area contributed by atoms with Crippen LogP contribution in [0.15, 0.2) is 12.1 Å². The molecule has 0 aromatic carbocycles. The van der Waals surface area contributed by atoms with Crippen LogP contribution in [0.1, 0.15) is 56.9 Å². The zero-order chi connectivity index (χ0) is 19.6. The van der Waals surface area contributed by atoms with Crippen LogP contribution >= 0.6 is 0 Å². The van der Waals surface area contributed by atoms with Crippen LogP contribution in [-0.4, -0.2) is 55.1 Å². The lowest BCUT2D eigenvalue weighted by molar-refractivity contribution is 0.0957. The Morgan fingerprint density at radius 3 is 2.56 bits per heavy atom. The van der Waals surface area contributed by atoms with Crippen molar-refractivity contribution >= 4 is 11.6 Å². The second-order valence-corrected chi connectivity index (χ2v) is 8.61. The molecule has 150 valence electrons. The highest BCUT2D eigenvalue weighted by Crippen LogP contribution is 2.43. The number of carbonyl (C=O) groups excluding carboxylic acids is 1. The summed E-state index contributed by atoms with van der Waals surface area (Å²) in [6.07, 6.45) is 5.13. The molecular weight excluding hydrogens is 343 g/mol. The van der Waals surface area contributed by atoms with Crippen LogP contribution in [0.4, 0.5) is 10.1 Å². The van der Waals surface area contributed by atoms with Gasteiger partial charge in [0.15, 0.2) is 0 Å². The minimum absolute atomic E-state index is 0.118. The van der Waals surface area contributed by atoms with E-state index in [0.29, 0.717) is 17.1 Å². The predicted molar refractivity (Wildman–Crippen MR) is 107 cm³/mol. The molecular formula is C21H33FN4O. The number of halogens is 1. The molecule has 27 heavy (non-hydrogen) atoms. The summed E-state index contributed by atoms with van der Waals surface area (Å²) in [6.45, 7) is 10.6. The Kier molecular flexibility index (Phi) is 6.04. The van der Waals surface area contributed by atoms with E-state index in [1.165, 1.54) is 32.7 Å². The Labute approximate surface area is 162 Å². The highest BCUT2D eigenvalue weighted by molar-refractivity contribution is 5.92. The lowest BCUT2D eigenvalue weighted by Crippen LogP contribution is -2.50. The summed E-state index contributed by atoms with van der Waals surface area (Å²) in [5.41, 5.74) is 1.05. The molecule has 3 rings (SSSR count). The number of aromatic nitrogens is 1. The van der Waals surface area contributed by atoms with Gasteiger partial charge in [-0.15, -0.1) is 0 Å². The van der Waals surface area contributed by atoms with Crippen LogP contribution in [0.2, 0.25) is 0 Å². The SMILES string of the molecule is CCC(C)(C)C1CC[C@@H](N2CCN(c3ccc(C(=O)NC)nc3F)CC2)C1. The number of hydrogen-bond acceptors (Lipinski definition) is 4. The first-order chi connectivity index (χ1) is 12.9. The predicted octanol–water partition coefficient (Wildman–Crippen LogP) is 3.31. The summed E-state index contributed by atoms with van der Waals surface area (Å²) in [6, 6.07) is 3.94. The molecule has 5 nitrogen and oxygen atoms in total. The van der Waals surface area contributed by atoms with Crippen molar-refractivity contribution in [1.29, 1.82) is 0 Å². The van der Waals surface area contributed by atoms with E-state index in [1.807, 2.05) is 0 Å². The van der Waals surface area contributed by atoms with Crippen LogP contribution in [-0.2, 0) is 0 Å². The molecule has 1 unspecified atom stereocenters. The molecule has 0 spiro atoms. The molecule has 2 fully saturated rings. The highest BCUT2D eigenvalue weighted by Gasteiger charge is 2.37. The van der Waals surface area contributed by atoms with Crippen molar-refractivity contribution in [2.24, 2.45) is 11.3 Å². The smallest absolute Gasteiger partial charge is 0.269 e. The fourth-order valence-corrected chi connectivity index (χ4v) is 4.53. The molecule has 1 amide bonds. The molecule has 0 bridgehead atoms. The Morgan fingerprint density at radius 1 is 1.26 bits per heavy atom. The molecule has 6 heteroatoms. The lowest BCUT2D eigenvalue weighted by atomic mass is 9.76. The first kappa shape index (κ1) is 20.1. The van der Waals surface area contributed by atoms with Gasteiger partial charge in [-0.1, -0.05) is 27.2 Å². The van der Waals surface area contributed by atoms with Crippen LogP contribution in [0.3, 0.4) is 0 Å². The highest BCUT2D eigenvalue weighted by atomic mass is 19.1. The number of rotatable bonds is 5. The molecule has 1 aliphatic carbocycles. The molecule has 1 aromatic heterocycles. The van der Waals surface area contributed by atoms with E-state index in [2.05, 4.69) is 40.9 Å². The number of hydrogen-bond donors (Lipinski definition) is 1.